The Morgan fingerprint density at radius 3 is 3.00 bits per heavy atom. The van der Waals surface area contributed by atoms with Gasteiger partial charge >= 0.3 is 0 Å². The predicted octanol–water partition coefficient (Wildman–Crippen LogP) is 1.28. The van der Waals surface area contributed by atoms with Gasteiger partial charge in [-0.1, -0.05) is 0 Å². The summed E-state index contributed by atoms with van der Waals surface area (Å²) >= 11 is 1.45. The maximum absolute atomic E-state index is 8.27. The van der Waals surface area contributed by atoms with E-state index < -0.39 is 0 Å². The maximum Gasteiger partial charge on any atom is 0.123 e. The summed E-state index contributed by atoms with van der Waals surface area (Å²) in [7, 11) is 0. The van der Waals surface area contributed by atoms with Crippen molar-refractivity contribution in [2.75, 3.05) is 11.5 Å². The largest absolute Gasteiger partial charge is 0.384 e. The predicted molar refractivity (Wildman–Crippen MR) is 45.0 cm³/mol. The van der Waals surface area contributed by atoms with E-state index in [1.165, 1.54) is 11.8 Å². The molecule has 0 saturated carbocycles. The lowest BCUT2D eigenvalue weighted by Gasteiger charge is -1.95. The Hall–Kier alpha value is -1.21. The lowest BCUT2D eigenvalue weighted by Crippen LogP contribution is -1.87. The van der Waals surface area contributed by atoms with Gasteiger partial charge in [-0.05, 0) is 12.1 Å². The average molecular weight is 165 g/mol. The standard InChI is InChI=1S/C7H7N3S/c8-3-4-11-6-1-2-7(9)10-5-6/h1-2,5H,4H2,(H2,9,10). The number of anilines is 1. The molecule has 0 aliphatic carbocycles. The molecule has 4 heteroatoms. The van der Waals surface area contributed by atoms with Crippen LogP contribution in [0.15, 0.2) is 23.2 Å². The molecule has 0 amide bonds. The number of nitrogens with two attached hydrogens (primary N) is 1. The van der Waals surface area contributed by atoms with Crippen LogP contribution in [0.2, 0.25) is 0 Å². The fraction of sp³-hybridized carbons (Fsp3) is 0.143. The van der Waals surface area contributed by atoms with Gasteiger partial charge in [-0.15, -0.1) is 11.8 Å². The smallest absolute Gasteiger partial charge is 0.123 e. The van der Waals surface area contributed by atoms with Crippen LogP contribution in [-0.4, -0.2) is 10.7 Å². The highest BCUT2D eigenvalue weighted by Gasteiger charge is 1.91. The molecule has 0 radical (unpaired) electrons. The van der Waals surface area contributed by atoms with Crippen molar-refractivity contribution in [3.8, 4) is 6.07 Å². The number of hydrogen-bond acceptors (Lipinski definition) is 4. The molecule has 0 aliphatic heterocycles. The van der Waals surface area contributed by atoms with Crippen molar-refractivity contribution in [1.82, 2.24) is 4.98 Å². The molecule has 1 rings (SSSR count). The van der Waals surface area contributed by atoms with Crippen molar-refractivity contribution >= 4 is 17.6 Å². The number of pyridine rings is 1. The summed E-state index contributed by atoms with van der Waals surface area (Å²) in [5, 5.41) is 8.27. The van der Waals surface area contributed by atoms with E-state index in [1.54, 1.807) is 12.3 Å². The van der Waals surface area contributed by atoms with Crippen LogP contribution in [-0.2, 0) is 0 Å². The molecule has 0 aromatic carbocycles. The molecule has 3 nitrogen and oxygen atoms in total. The second-order valence-electron chi connectivity index (χ2n) is 1.87. The Morgan fingerprint density at radius 1 is 1.64 bits per heavy atom. The van der Waals surface area contributed by atoms with Crippen LogP contribution in [0.1, 0.15) is 0 Å². The van der Waals surface area contributed by atoms with E-state index >= 15 is 0 Å². The Kier molecular flexibility index (Phi) is 2.75. The molecule has 2 N–H and O–H groups in total. The minimum Gasteiger partial charge on any atom is -0.384 e. The number of thioether (sulfide) groups is 1. The summed E-state index contributed by atoms with van der Waals surface area (Å²) in [5.74, 6) is 0.956. The van der Waals surface area contributed by atoms with Gasteiger partial charge in [0.2, 0.25) is 0 Å². The maximum atomic E-state index is 8.27. The highest BCUT2D eigenvalue weighted by molar-refractivity contribution is 7.99. The lowest BCUT2D eigenvalue weighted by molar-refractivity contribution is 1.25. The number of hydrogen-bond donors (Lipinski definition) is 1. The summed E-state index contributed by atoms with van der Waals surface area (Å²) < 4.78 is 0. The van der Waals surface area contributed by atoms with E-state index in [2.05, 4.69) is 4.98 Å². The Morgan fingerprint density at radius 2 is 2.45 bits per heavy atom. The van der Waals surface area contributed by atoms with Crippen molar-refractivity contribution in [2.45, 2.75) is 4.90 Å². The SMILES string of the molecule is N#CCSc1ccc(N)nc1. The number of aromatic nitrogens is 1. The first-order valence-corrected chi connectivity index (χ1v) is 4.03. The molecule has 1 aromatic rings. The van der Waals surface area contributed by atoms with Crippen LogP contribution in [0.5, 0.6) is 0 Å². The molecule has 0 fully saturated rings. The number of nitrogen functional groups attached to an aromatic ring is 1. The van der Waals surface area contributed by atoms with E-state index in [-0.39, 0.29) is 0 Å². The summed E-state index contributed by atoms with van der Waals surface area (Å²) in [6.07, 6.45) is 1.66. The molecule has 0 aliphatic rings. The van der Waals surface area contributed by atoms with Crippen molar-refractivity contribution in [2.24, 2.45) is 0 Å². The van der Waals surface area contributed by atoms with Crippen molar-refractivity contribution in [1.29, 1.82) is 5.26 Å². The minimum atomic E-state index is 0.450. The first-order valence-electron chi connectivity index (χ1n) is 3.04. The summed E-state index contributed by atoms with van der Waals surface area (Å²) in [5.41, 5.74) is 5.37. The minimum absolute atomic E-state index is 0.450. The van der Waals surface area contributed by atoms with Gasteiger partial charge in [-0.25, -0.2) is 4.98 Å². The molecule has 1 heterocycles. The van der Waals surface area contributed by atoms with Gasteiger partial charge in [0.1, 0.15) is 5.82 Å². The van der Waals surface area contributed by atoms with Gasteiger partial charge in [0.25, 0.3) is 0 Å². The fourth-order valence-corrected chi connectivity index (χ4v) is 1.12. The highest BCUT2D eigenvalue weighted by Crippen LogP contribution is 2.15. The highest BCUT2D eigenvalue weighted by atomic mass is 32.2. The van der Waals surface area contributed by atoms with E-state index in [0.29, 0.717) is 11.6 Å². The third-order valence-corrected chi connectivity index (χ3v) is 1.91. The molecule has 11 heavy (non-hydrogen) atoms. The molecular weight excluding hydrogens is 158 g/mol. The van der Waals surface area contributed by atoms with E-state index in [1.807, 2.05) is 12.1 Å². The molecule has 0 atom stereocenters. The third-order valence-electron chi connectivity index (χ3n) is 1.06. The van der Waals surface area contributed by atoms with E-state index in [0.717, 1.165) is 4.90 Å². The molecule has 0 spiro atoms. The van der Waals surface area contributed by atoms with Crippen LogP contribution >= 0.6 is 11.8 Å². The normalized spacial score (nSPS) is 9.00. The van der Waals surface area contributed by atoms with Crippen LogP contribution < -0.4 is 5.73 Å². The quantitative estimate of drug-likeness (QED) is 0.670. The monoisotopic (exact) mass is 165 g/mol. The topological polar surface area (TPSA) is 62.7 Å². The van der Waals surface area contributed by atoms with Gasteiger partial charge in [0, 0.05) is 11.1 Å². The zero-order valence-electron chi connectivity index (χ0n) is 5.82. The molecule has 0 bridgehead atoms. The molecule has 0 unspecified atom stereocenters. The Bertz CT molecular complexity index is 262. The van der Waals surface area contributed by atoms with Gasteiger partial charge in [0.05, 0.1) is 11.8 Å². The van der Waals surface area contributed by atoms with E-state index in [4.69, 9.17) is 11.0 Å². The summed E-state index contributed by atoms with van der Waals surface area (Å²) in [6, 6.07) is 5.61. The summed E-state index contributed by atoms with van der Waals surface area (Å²) in [6.45, 7) is 0. The summed E-state index contributed by atoms with van der Waals surface area (Å²) in [4.78, 5) is 4.85. The average Bonchev–Trinajstić information content (AvgIpc) is 2.04. The van der Waals surface area contributed by atoms with Crippen molar-refractivity contribution < 1.29 is 0 Å². The first kappa shape index (κ1) is 7.89. The lowest BCUT2D eigenvalue weighted by atomic mass is 10.5. The van der Waals surface area contributed by atoms with Crippen LogP contribution in [0.3, 0.4) is 0 Å². The molecule has 1 aromatic heterocycles. The van der Waals surface area contributed by atoms with Crippen LogP contribution in [0, 0.1) is 11.3 Å². The van der Waals surface area contributed by atoms with Crippen molar-refractivity contribution in [3.05, 3.63) is 18.3 Å². The second kappa shape index (κ2) is 3.84. The van der Waals surface area contributed by atoms with Gasteiger partial charge < -0.3 is 5.73 Å². The Balaban J connectivity index is 2.60. The van der Waals surface area contributed by atoms with E-state index in [9.17, 15) is 0 Å². The first-order chi connectivity index (χ1) is 5.33. The Labute approximate surface area is 69.2 Å². The van der Waals surface area contributed by atoms with Gasteiger partial charge in [-0.3, -0.25) is 0 Å². The zero-order chi connectivity index (χ0) is 8.10. The van der Waals surface area contributed by atoms with Crippen molar-refractivity contribution in [3.63, 3.8) is 0 Å². The molecule has 0 saturated heterocycles. The molecular formula is C7H7N3S. The van der Waals surface area contributed by atoms with Gasteiger partial charge in [-0.2, -0.15) is 5.26 Å². The van der Waals surface area contributed by atoms with Gasteiger partial charge in [0.15, 0.2) is 0 Å². The fourth-order valence-electron chi connectivity index (χ4n) is 0.593. The number of nitriles is 1. The zero-order valence-corrected chi connectivity index (χ0v) is 6.64. The number of rotatable bonds is 2. The van der Waals surface area contributed by atoms with Crippen LogP contribution in [0.25, 0.3) is 0 Å². The number of nitrogens with zero attached hydrogens (tertiary/aromatic N) is 2. The van der Waals surface area contributed by atoms with Crippen LogP contribution in [0.4, 0.5) is 5.82 Å². The third kappa shape index (κ3) is 2.48. The second-order valence-corrected chi connectivity index (χ2v) is 2.91. The molecule has 56 valence electrons.